The van der Waals surface area contributed by atoms with Gasteiger partial charge in [-0.1, -0.05) is 29.8 Å². The van der Waals surface area contributed by atoms with Crippen molar-refractivity contribution in [3.05, 3.63) is 53.2 Å². The summed E-state index contributed by atoms with van der Waals surface area (Å²) in [5.74, 6) is 0. The number of halogens is 1. The quantitative estimate of drug-likeness (QED) is 0.789. The van der Waals surface area contributed by atoms with Crippen molar-refractivity contribution < 1.29 is 0 Å². The molecule has 0 spiro atoms. The topological polar surface area (TPSA) is 36.7 Å². The zero-order chi connectivity index (χ0) is 11.4. The van der Waals surface area contributed by atoms with Crippen LogP contribution in [0, 0.1) is 11.3 Å². The van der Waals surface area contributed by atoms with Crippen LogP contribution in [0.5, 0.6) is 0 Å². The second-order valence-electron chi connectivity index (χ2n) is 3.39. The molecule has 0 aliphatic carbocycles. The summed E-state index contributed by atoms with van der Waals surface area (Å²) in [6.07, 6.45) is 2.13. The summed E-state index contributed by atoms with van der Waals surface area (Å²) in [4.78, 5) is 4.30. The molecule has 1 aromatic carbocycles. The summed E-state index contributed by atoms with van der Waals surface area (Å²) in [6.45, 7) is 0. The first-order valence-electron chi connectivity index (χ1n) is 4.87. The first kappa shape index (κ1) is 10.7. The molecule has 0 aliphatic rings. The van der Waals surface area contributed by atoms with Gasteiger partial charge in [0.05, 0.1) is 18.2 Å². The molecule has 0 saturated heterocycles. The van der Waals surface area contributed by atoms with Crippen LogP contribution >= 0.6 is 11.6 Å². The highest BCUT2D eigenvalue weighted by Gasteiger charge is 1.99. The summed E-state index contributed by atoms with van der Waals surface area (Å²) < 4.78 is 0. The molecule has 0 atom stereocenters. The van der Waals surface area contributed by atoms with Crippen molar-refractivity contribution in [1.29, 1.82) is 5.26 Å². The predicted molar refractivity (Wildman–Crippen MR) is 64.0 cm³/mol. The van der Waals surface area contributed by atoms with E-state index in [1.165, 1.54) is 0 Å². The Bertz CT molecular complexity index is 509. The Morgan fingerprint density at radius 3 is 2.44 bits per heavy atom. The van der Waals surface area contributed by atoms with Gasteiger partial charge in [0.1, 0.15) is 0 Å². The predicted octanol–water partition coefficient (Wildman–Crippen LogP) is 3.47. The Hall–Kier alpha value is -1.85. The second kappa shape index (κ2) is 4.78. The number of aromatic nitrogens is 1. The molecule has 2 nitrogen and oxygen atoms in total. The van der Waals surface area contributed by atoms with E-state index in [0.717, 1.165) is 16.8 Å². The molecule has 0 amide bonds. The van der Waals surface area contributed by atoms with Crippen molar-refractivity contribution in [3.63, 3.8) is 0 Å². The molecule has 0 fully saturated rings. The molecule has 0 aliphatic heterocycles. The van der Waals surface area contributed by atoms with Crippen molar-refractivity contribution in [2.75, 3.05) is 0 Å². The standard InChI is InChI=1S/C13H9ClN2/c14-12-4-2-11(3-5-12)13-6-1-10(7-8-15)9-16-13/h1-6,9H,7H2. The van der Waals surface area contributed by atoms with Gasteiger partial charge in [0.25, 0.3) is 0 Å². The number of nitriles is 1. The number of hydrogen-bond acceptors (Lipinski definition) is 2. The molecule has 2 rings (SSSR count). The van der Waals surface area contributed by atoms with Gasteiger partial charge in [0.15, 0.2) is 0 Å². The highest BCUT2D eigenvalue weighted by atomic mass is 35.5. The zero-order valence-corrected chi connectivity index (χ0v) is 9.28. The third kappa shape index (κ3) is 2.39. The normalized spacial score (nSPS) is 9.75. The van der Waals surface area contributed by atoms with Crippen LogP contribution in [0.1, 0.15) is 5.56 Å². The highest BCUT2D eigenvalue weighted by molar-refractivity contribution is 6.30. The molecule has 3 heteroatoms. The Labute approximate surface area is 99.1 Å². The Morgan fingerprint density at radius 2 is 1.88 bits per heavy atom. The lowest BCUT2D eigenvalue weighted by atomic mass is 10.1. The molecule has 2 aromatic rings. The number of rotatable bonds is 2. The highest BCUT2D eigenvalue weighted by Crippen LogP contribution is 2.19. The van der Waals surface area contributed by atoms with Gasteiger partial charge in [-0.25, -0.2) is 0 Å². The average molecular weight is 229 g/mol. The largest absolute Gasteiger partial charge is 0.256 e. The van der Waals surface area contributed by atoms with E-state index in [2.05, 4.69) is 11.1 Å². The van der Waals surface area contributed by atoms with Crippen LogP contribution < -0.4 is 0 Å². The minimum absolute atomic E-state index is 0.397. The van der Waals surface area contributed by atoms with Gasteiger partial charge in [-0.15, -0.1) is 0 Å². The van der Waals surface area contributed by atoms with Crippen molar-refractivity contribution >= 4 is 11.6 Å². The van der Waals surface area contributed by atoms with Crippen molar-refractivity contribution in [2.24, 2.45) is 0 Å². The molecular formula is C13H9ClN2. The number of hydrogen-bond donors (Lipinski definition) is 0. The fraction of sp³-hybridized carbons (Fsp3) is 0.0769. The lowest BCUT2D eigenvalue weighted by Crippen LogP contribution is -1.86. The Balaban J connectivity index is 2.28. The lowest BCUT2D eigenvalue weighted by Gasteiger charge is -2.01. The summed E-state index contributed by atoms with van der Waals surface area (Å²) in [5, 5.41) is 9.26. The van der Waals surface area contributed by atoms with Crippen LogP contribution in [0.2, 0.25) is 5.02 Å². The molecule has 78 valence electrons. The van der Waals surface area contributed by atoms with Gasteiger partial charge in [0, 0.05) is 16.8 Å². The van der Waals surface area contributed by atoms with E-state index in [9.17, 15) is 0 Å². The van der Waals surface area contributed by atoms with E-state index < -0.39 is 0 Å². The second-order valence-corrected chi connectivity index (χ2v) is 3.83. The summed E-state index contributed by atoms with van der Waals surface area (Å²) in [6, 6.07) is 13.4. The summed E-state index contributed by atoms with van der Waals surface area (Å²) in [5.41, 5.74) is 2.84. The van der Waals surface area contributed by atoms with Crippen molar-refractivity contribution in [2.45, 2.75) is 6.42 Å². The van der Waals surface area contributed by atoms with E-state index in [1.54, 1.807) is 6.20 Å². The maximum Gasteiger partial charge on any atom is 0.0702 e. The van der Waals surface area contributed by atoms with Crippen molar-refractivity contribution in [1.82, 2.24) is 4.98 Å². The van der Waals surface area contributed by atoms with Gasteiger partial charge in [-0.2, -0.15) is 5.26 Å². The minimum Gasteiger partial charge on any atom is -0.256 e. The Kier molecular flexibility index (Phi) is 3.19. The monoisotopic (exact) mass is 228 g/mol. The first-order valence-corrected chi connectivity index (χ1v) is 5.25. The van der Waals surface area contributed by atoms with E-state index in [1.807, 2.05) is 36.4 Å². The molecule has 0 radical (unpaired) electrons. The van der Waals surface area contributed by atoms with Crippen molar-refractivity contribution in [3.8, 4) is 17.3 Å². The van der Waals surface area contributed by atoms with E-state index >= 15 is 0 Å². The fourth-order valence-electron chi connectivity index (χ4n) is 1.41. The van der Waals surface area contributed by atoms with Gasteiger partial charge >= 0.3 is 0 Å². The number of benzene rings is 1. The third-order valence-corrected chi connectivity index (χ3v) is 2.50. The van der Waals surface area contributed by atoms with E-state index in [0.29, 0.717) is 11.4 Å². The lowest BCUT2D eigenvalue weighted by molar-refractivity contribution is 1.19. The van der Waals surface area contributed by atoms with Crippen LogP contribution in [0.3, 0.4) is 0 Å². The summed E-state index contributed by atoms with van der Waals surface area (Å²) in [7, 11) is 0. The summed E-state index contributed by atoms with van der Waals surface area (Å²) >= 11 is 5.81. The first-order chi connectivity index (χ1) is 7.79. The SMILES string of the molecule is N#CCc1ccc(-c2ccc(Cl)cc2)nc1. The molecule has 0 N–H and O–H groups in total. The Morgan fingerprint density at radius 1 is 1.12 bits per heavy atom. The smallest absolute Gasteiger partial charge is 0.0702 e. The van der Waals surface area contributed by atoms with E-state index in [-0.39, 0.29) is 0 Å². The van der Waals surface area contributed by atoms with Crippen LogP contribution in [-0.4, -0.2) is 4.98 Å². The molecule has 1 heterocycles. The molecule has 16 heavy (non-hydrogen) atoms. The van der Waals surface area contributed by atoms with Crippen LogP contribution in [-0.2, 0) is 6.42 Å². The third-order valence-electron chi connectivity index (χ3n) is 2.25. The number of nitrogens with zero attached hydrogens (tertiary/aromatic N) is 2. The molecule has 0 bridgehead atoms. The maximum absolute atomic E-state index is 8.54. The molecule has 1 aromatic heterocycles. The average Bonchev–Trinajstić information content (AvgIpc) is 2.32. The molecular weight excluding hydrogens is 220 g/mol. The maximum atomic E-state index is 8.54. The van der Waals surface area contributed by atoms with E-state index in [4.69, 9.17) is 16.9 Å². The van der Waals surface area contributed by atoms with Gasteiger partial charge in [-0.05, 0) is 23.8 Å². The van der Waals surface area contributed by atoms with Gasteiger partial charge < -0.3 is 0 Å². The van der Waals surface area contributed by atoms with Crippen LogP contribution in [0.4, 0.5) is 0 Å². The molecule has 0 unspecified atom stereocenters. The van der Waals surface area contributed by atoms with Crippen LogP contribution in [0.15, 0.2) is 42.6 Å². The minimum atomic E-state index is 0.397. The van der Waals surface area contributed by atoms with Gasteiger partial charge in [-0.3, -0.25) is 4.98 Å². The zero-order valence-electron chi connectivity index (χ0n) is 8.52. The fourth-order valence-corrected chi connectivity index (χ4v) is 1.54. The van der Waals surface area contributed by atoms with Crippen LogP contribution in [0.25, 0.3) is 11.3 Å². The van der Waals surface area contributed by atoms with Gasteiger partial charge in [0.2, 0.25) is 0 Å². The number of pyridine rings is 1. The molecule has 0 saturated carbocycles.